The van der Waals surface area contributed by atoms with E-state index in [0.717, 1.165) is 18.4 Å². The van der Waals surface area contributed by atoms with E-state index in [1.165, 1.54) is 51.4 Å². The first-order chi connectivity index (χ1) is 13.1. The SMILES string of the molecule is CCCCCCCCCCCCOC(=O)C(CCc1ccccc1)C(N)=O. The average Bonchev–Trinajstić information content (AvgIpc) is 2.67. The Bertz CT molecular complexity index is 516. The van der Waals surface area contributed by atoms with E-state index in [1.807, 2.05) is 30.3 Å². The summed E-state index contributed by atoms with van der Waals surface area (Å²) in [5.41, 5.74) is 6.48. The summed E-state index contributed by atoms with van der Waals surface area (Å²) in [6, 6.07) is 9.78. The summed E-state index contributed by atoms with van der Waals surface area (Å²) < 4.78 is 5.29. The molecule has 0 fully saturated rings. The number of nitrogens with two attached hydrogens (primary N) is 1. The second kappa shape index (κ2) is 15.2. The quantitative estimate of drug-likeness (QED) is 0.246. The van der Waals surface area contributed by atoms with Gasteiger partial charge in [-0.1, -0.05) is 95.0 Å². The molecular formula is C23H37NO3. The molecule has 1 amide bonds. The molecule has 0 heterocycles. The van der Waals surface area contributed by atoms with Crippen LogP contribution in [0.3, 0.4) is 0 Å². The number of primary amides is 1. The highest BCUT2D eigenvalue weighted by molar-refractivity contribution is 5.96. The summed E-state index contributed by atoms with van der Waals surface area (Å²) >= 11 is 0. The zero-order chi connectivity index (χ0) is 19.7. The predicted molar refractivity (Wildman–Crippen MR) is 110 cm³/mol. The molecule has 0 radical (unpaired) electrons. The number of hydrogen-bond acceptors (Lipinski definition) is 3. The molecule has 0 aromatic heterocycles. The zero-order valence-electron chi connectivity index (χ0n) is 17.0. The van der Waals surface area contributed by atoms with Crippen molar-refractivity contribution in [3.63, 3.8) is 0 Å². The second-order valence-corrected chi connectivity index (χ2v) is 7.33. The number of carbonyl (C=O) groups is 2. The maximum Gasteiger partial charge on any atom is 0.318 e. The van der Waals surface area contributed by atoms with Crippen LogP contribution in [0.4, 0.5) is 0 Å². The Balaban J connectivity index is 2.09. The van der Waals surface area contributed by atoms with E-state index in [2.05, 4.69) is 6.92 Å². The average molecular weight is 376 g/mol. The van der Waals surface area contributed by atoms with Gasteiger partial charge in [0.15, 0.2) is 0 Å². The summed E-state index contributed by atoms with van der Waals surface area (Å²) in [5, 5.41) is 0. The molecule has 0 bridgehead atoms. The van der Waals surface area contributed by atoms with Gasteiger partial charge in [0.05, 0.1) is 6.61 Å². The third-order valence-electron chi connectivity index (χ3n) is 4.93. The van der Waals surface area contributed by atoms with Crippen LogP contribution in [0, 0.1) is 5.92 Å². The molecule has 1 unspecified atom stereocenters. The van der Waals surface area contributed by atoms with Gasteiger partial charge in [-0.25, -0.2) is 0 Å². The molecular weight excluding hydrogens is 338 g/mol. The normalized spacial score (nSPS) is 11.9. The van der Waals surface area contributed by atoms with Crippen LogP contribution in [-0.4, -0.2) is 18.5 Å². The van der Waals surface area contributed by atoms with Gasteiger partial charge < -0.3 is 10.5 Å². The third-order valence-corrected chi connectivity index (χ3v) is 4.93. The molecule has 0 saturated carbocycles. The molecule has 4 nitrogen and oxygen atoms in total. The number of benzene rings is 1. The fourth-order valence-corrected chi connectivity index (χ4v) is 3.19. The molecule has 0 aliphatic rings. The number of esters is 1. The molecule has 1 rings (SSSR count). The van der Waals surface area contributed by atoms with Crippen molar-refractivity contribution in [2.45, 2.75) is 84.0 Å². The van der Waals surface area contributed by atoms with E-state index in [-0.39, 0.29) is 0 Å². The minimum Gasteiger partial charge on any atom is -0.465 e. The minimum absolute atomic E-state index is 0.379. The highest BCUT2D eigenvalue weighted by atomic mass is 16.5. The smallest absolute Gasteiger partial charge is 0.318 e. The molecule has 0 aliphatic carbocycles. The summed E-state index contributed by atoms with van der Waals surface area (Å²) in [7, 11) is 0. The first-order valence-corrected chi connectivity index (χ1v) is 10.6. The lowest BCUT2D eigenvalue weighted by molar-refractivity contribution is -0.152. The first-order valence-electron chi connectivity index (χ1n) is 10.6. The van der Waals surface area contributed by atoms with E-state index < -0.39 is 17.8 Å². The zero-order valence-corrected chi connectivity index (χ0v) is 17.0. The summed E-state index contributed by atoms with van der Waals surface area (Å²) in [6.45, 7) is 2.62. The molecule has 0 aliphatic heterocycles. The van der Waals surface area contributed by atoms with Crippen molar-refractivity contribution in [3.8, 4) is 0 Å². The molecule has 1 aromatic carbocycles. The van der Waals surface area contributed by atoms with Gasteiger partial charge in [0, 0.05) is 0 Å². The van der Waals surface area contributed by atoms with Crippen LogP contribution < -0.4 is 5.73 Å². The van der Waals surface area contributed by atoms with Gasteiger partial charge in [-0.3, -0.25) is 9.59 Å². The number of unbranched alkanes of at least 4 members (excludes halogenated alkanes) is 9. The Labute approximate surface area is 164 Å². The van der Waals surface area contributed by atoms with Crippen LogP contribution in [-0.2, 0) is 20.7 Å². The highest BCUT2D eigenvalue weighted by Gasteiger charge is 2.25. The molecule has 2 N–H and O–H groups in total. The van der Waals surface area contributed by atoms with Crippen LogP contribution in [0.25, 0.3) is 0 Å². The van der Waals surface area contributed by atoms with Crippen LogP contribution in [0.1, 0.15) is 83.1 Å². The third kappa shape index (κ3) is 11.5. The minimum atomic E-state index is -0.853. The van der Waals surface area contributed by atoms with Crippen molar-refractivity contribution in [3.05, 3.63) is 35.9 Å². The van der Waals surface area contributed by atoms with E-state index >= 15 is 0 Å². The monoisotopic (exact) mass is 375 g/mol. The Hall–Kier alpha value is -1.84. The van der Waals surface area contributed by atoms with Gasteiger partial charge in [0.2, 0.25) is 5.91 Å². The van der Waals surface area contributed by atoms with Crippen molar-refractivity contribution in [1.82, 2.24) is 0 Å². The Morgan fingerprint density at radius 2 is 1.44 bits per heavy atom. The largest absolute Gasteiger partial charge is 0.465 e. The molecule has 0 saturated heterocycles. The highest BCUT2D eigenvalue weighted by Crippen LogP contribution is 2.13. The topological polar surface area (TPSA) is 69.4 Å². The number of carbonyl (C=O) groups excluding carboxylic acids is 2. The van der Waals surface area contributed by atoms with E-state index in [4.69, 9.17) is 10.5 Å². The van der Waals surface area contributed by atoms with Gasteiger partial charge in [-0.2, -0.15) is 0 Å². The van der Waals surface area contributed by atoms with Crippen molar-refractivity contribution in [1.29, 1.82) is 0 Å². The Morgan fingerprint density at radius 3 is 2.00 bits per heavy atom. The van der Waals surface area contributed by atoms with Crippen molar-refractivity contribution in [2.75, 3.05) is 6.61 Å². The maximum atomic E-state index is 12.1. The second-order valence-electron chi connectivity index (χ2n) is 7.33. The number of amides is 1. The lowest BCUT2D eigenvalue weighted by atomic mass is 9.99. The van der Waals surface area contributed by atoms with Gasteiger partial charge in [0.1, 0.15) is 5.92 Å². The summed E-state index contributed by atoms with van der Waals surface area (Å²) in [5.74, 6) is -1.93. The number of rotatable bonds is 16. The lowest BCUT2D eigenvalue weighted by Crippen LogP contribution is -2.32. The van der Waals surface area contributed by atoms with E-state index in [0.29, 0.717) is 19.4 Å². The lowest BCUT2D eigenvalue weighted by Gasteiger charge is -2.13. The molecule has 152 valence electrons. The van der Waals surface area contributed by atoms with Gasteiger partial charge in [0.25, 0.3) is 0 Å². The molecule has 27 heavy (non-hydrogen) atoms. The van der Waals surface area contributed by atoms with Crippen LogP contribution in [0.15, 0.2) is 30.3 Å². The van der Waals surface area contributed by atoms with E-state index in [1.54, 1.807) is 0 Å². The molecule has 1 aromatic rings. The molecule has 0 spiro atoms. The van der Waals surface area contributed by atoms with Crippen molar-refractivity contribution < 1.29 is 14.3 Å². The molecule has 1 atom stereocenters. The van der Waals surface area contributed by atoms with Gasteiger partial charge >= 0.3 is 5.97 Å². The standard InChI is InChI=1S/C23H37NO3/c1-2-3-4-5-6-7-8-9-10-14-19-27-23(26)21(22(24)25)18-17-20-15-12-11-13-16-20/h11-13,15-16,21H,2-10,14,17-19H2,1H3,(H2,24,25). The first kappa shape index (κ1) is 23.2. The van der Waals surface area contributed by atoms with Crippen LogP contribution >= 0.6 is 0 Å². The van der Waals surface area contributed by atoms with Gasteiger partial charge in [-0.15, -0.1) is 0 Å². The number of aryl methyl sites for hydroxylation is 1. The van der Waals surface area contributed by atoms with Gasteiger partial charge in [-0.05, 0) is 24.8 Å². The summed E-state index contributed by atoms with van der Waals surface area (Å²) in [6.07, 6.45) is 13.4. The maximum absolute atomic E-state index is 12.1. The van der Waals surface area contributed by atoms with Crippen molar-refractivity contribution in [2.24, 2.45) is 11.7 Å². The van der Waals surface area contributed by atoms with E-state index in [9.17, 15) is 9.59 Å². The predicted octanol–water partition coefficient (Wildman–Crippen LogP) is 5.18. The van der Waals surface area contributed by atoms with Crippen LogP contribution in [0.5, 0.6) is 0 Å². The van der Waals surface area contributed by atoms with Crippen LogP contribution in [0.2, 0.25) is 0 Å². The molecule has 4 heteroatoms. The number of ether oxygens (including phenoxy) is 1. The number of hydrogen-bond donors (Lipinski definition) is 1. The fourth-order valence-electron chi connectivity index (χ4n) is 3.19. The fraction of sp³-hybridized carbons (Fsp3) is 0.652. The Morgan fingerprint density at radius 1 is 0.889 bits per heavy atom. The Kier molecular flexibility index (Phi) is 13.1. The summed E-state index contributed by atoms with van der Waals surface area (Å²) in [4.78, 5) is 23.7. The van der Waals surface area contributed by atoms with Crippen molar-refractivity contribution >= 4 is 11.9 Å².